The van der Waals surface area contributed by atoms with Gasteiger partial charge in [-0.2, -0.15) is 0 Å². The van der Waals surface area contributed by atoms with Crippen LogP contribution in [0.1, 0.15) is 24.8 Å². The van der Waals surface area contributed by atoms with Crippen LogP contribution in [0.15, 0.2) is 18.2 Å². The van der Waals surface area contributed by atoms with Crippen molar-refractivity contribution in [1.82, 2.24) is 0 Å². The van der Waals surface area contributed by atoms with E-state index in [2.05, 4.69) is 0 Å². The van der Waals surface area contributed by atoms with E-state index in [1.165, 1.54) is 0 Å². The van der Waals surface area contributed by atoms with Crippen molar-refractivity contribution in [2.45, 2.75) is 24.9 Å². The average Bonchev–Trinajstić information content (AvgIpc) is 2.14. The fourth-order valence-electron chi connectivity index (χ4n) is 1.89. The molecule has 14 heavy (non-hydrogen) atoms. The predicted molar refractivity (Wildman–Crippen MR) is 55.8 cm³/mol. The summed E-state index contributed by atoms with van der Waals surface area (Å²) in [5.74, 6) is 0.680. The molecule has 0 spiro atoms. The lowest BCUT2D eigenvalue weighted by Gasteiger charge is -2.38. The Hall–Kier alpha value is -0.730. The molecule has 1 N–H and O–H groups in total. The Kier molecular flexibility index (Phi) is 2.41. The molecule has 1 aromatic carbocycles. The molecule has 0 aromatic heterocycles. The molecule has 0 saturated heterocycles. The SMILES string of the molecule is COc1cccc(Cl)c1C1(O)CCC1. The Balaban J connectivity index is 2.49. The van der Waals surface area contributed by atoms with Crippen LogP contribution < -0.4 is 4.74 Å². The van der Waals surface area contributed by atoms with Gasteiger partial charge in [0.1, 0.15) is 5.75 Å². The maximum atomic E-state index is 10.2. The van der Waals surface area contributed by atoms with Crippen molar-refractivity contribution >= 4 is 11.6 Å². The molecule has 0 aliphatic heterocycles. The predicted octanol–water partition coefficient (Wildman–Crippen LogP) is 2.72. The third-order valence-electron chi connectivity index (χ3n) is 2.84. The molecule has 0 radical (unpaired) electrons. The molecule has 2 rings (SSSR count). The van der Waals surface area contributed by atoms with Gasteiger partial charge < -0.3 is 9.84 Å². The van der Waals surface area contributed by atoms with Crippen LogP contribution in [0.4, 0.5) is 0 Å². The lowest BCUT2D eigenvalue weighted by atomic mass is 9.75. The highest BCUT2D eigenvalue weighted by Gasteiger charge is 2.40. The van der Waals surface area contributed by atoms with Crippen LogP contribution >= 0.6 is 11.6 Å². The molecule has 3 heteroatoms. The minimum absolute atomic E-state index is 0.589. The topological polar surface area (TPSA) is 29.5 Å². The summed E-state index contributed by atoms with van der Waals surface area (Å²) >= 11 is 6.07. The molecule has 0 amide bonds. The van der Waals surface area contributed by atoms with E-state index in [9.17, 15) is 5.11 Å². The van der Waals surface area contributed by atoms with Gasteiger partial charge in [0.15, 0.2) is 0 Å². The number of benzene rings is 1. The van der Waals surface area contributed by atoms with Gasteiger partial charge in [-0.1, -0.05) is 17.7 Å². The first kappa shape index (κ1) is 9.81. The summed E-state index contributed by atoms with van der Waals surface area (Å²) in [4.78, 5) is 0. The molecule has 1 fully saturated rings. The summed E-state index contributed by atoms with van der Waals surface area (Å²) in [6.07, 6.45) is 2.59. The number of methoxy groups -OCH3 is 1. The van der Waals surface area contributed by atoms with E-state index in [1.807, 2.05) is 12.1 Å². The molecule has 0 bridgehead atoms. The zero-order valence-electron chi connectivity index (χ0n) is 8.09. The second-order valence-electron chi connectivity index (χ2n) is 3.70. The van der Waals surface area contributed by atoms with Crippen LogP contribution in [0, 0.1) is 0 Å². The highest BCUT2D eigenvalue weighted by Crippen LogP contribution is 2.47. The van der Waals surface area contributed by atoms with Crippen molar-refractivity contribution in [3.63, 3.8) is 0 Å². The fraction of sp³-hybridized carbons (Fsp3) is 0.455. The Morgan fingerprint density at radius 3 is 2.64 bits per heavy atom. The molecular formula is C11H13ClO2. The van der Waals surface area contributed by atoms with E-state index in [-0.39, 0.29) is 0 Å². The zero-order valence-corrected chi connectivity index (χ0v) is 8.84. The minimum atomic E-state index is -0.760. The molecule has 0 atom stereocenters. The van der Waals surface area contributed by atoms with Crippen molar-refractivity contribution in [3.05, 3.63) is 28.8 Å². The fourth-order valence-corrected chi connectivity index (χ4v) is 2.23. The number of halogens is 1. The van der Waals surface area contributed by atoms with E-state index < -0.39 is 5.60 Å². The van der Waals surface area contributed by atoms with Gasteiger partial charge in [-0.15, -0.1) is 0 Å². The third-order valence-corrected chi connectivity index (χ3v) is 3.16. The molecule has 0 heterocycles. The first-order valence-corrected chi connectivity index (χ1v) is 5.10. The maximum absolute atomic E-state index is 10.2. The van der Waals surface area contributed by atoms with Crippen LogP contribution in [0.25, 0.3) is 0 Å². The van der Waals surface area contributed by atoms with Gasteiger partial charge in [-0.3, -0.25) is 0 Å². The summed E-state index contributed by atoms with van der Waals surface area (Å²) in [7, 11) is 1.59. The van der Waals surface area contributed by atoms with Crippen molar-refractivity contribution in [2.24, 2.45) is 0 Å². The highest BCUT2D eigenvalue weighted by molar-refractivity contribution is 6.31. The summed E-state index contributed by atoms with van der Waals surface area (Å²) in [5, 5.41) is 10.8. The second kappa shape index (κ2) is 3.44. The van der Waals surface area contributed by atoms with Gasteiger partial charge >= 0.3 is 0 Å². The Labute approximate surface area is 88.5 Å². The first-order chi connectivity index (χ1) is 6.67. The molecule has 0 unspecified atom stereocenters. The largest absolute Gasteiger partial charge is 0.496 e. The van der Waals surface area contributed by atoms with Crippen molar-refractivity contribution < 1.29 is 9.84 Å². The lowest BCUT2D eigenvalue weighted by molar-refractivity contribution is -0.0403. The quantitative estimate of drug-likeness (QED) is 0.817. The van der Waals surface area contributed by atoms with Crippen molar-refractivity contribution in [2.75, 3.05) is 7.11 Å². The number of aliphatic hydroxyl groups is 1. The van der Waals surface area contributed by atoms with Crippen molar-refractivity contribution in [3.8, 4) is 5.75 Å². The van der Waals surface area contributed by atoms with Crippen LogP contribution in [0.3, 0.4) is 0 Å². The zero-order chi connectivity index (χ0) is 10.2. The van der Waals surface area contributed by atoms with E-state index in [1.54, 1.807) is 13.2 Å². The minimum Gasteiger partial charge on any atom is -0.496 e. The van der Waals surface area contributed by atoms with Crippen LogP contribution in [0.5, 0.6) is 5.75 Å². The normalized spacial score (nSPS) is 18.8. The van der Waals surface area contributed by atoms with Crippen LogP contribution in [0.2, 0.25) is 5.02 Å². The third kappa shape index (κ3) is 1.39. The first-order valence-electron chi connectivity index (χ1n) is 4.73. The summed E-state index contributed by atoms with van der Waals surface area (Å²) in [5.41, 5.74) is -0.0145. The van der Waals surface area contributed by atoms with Crippen LogP contribution in [-0.4, -0.2) is 12.2 Å². The number of ether oxygens (including phenoxy) is 1. The Morgan fingerprint density at radius 2 is 2.14 bits per heavy atom. The van der Waals surface area contributed by atoms with Crippen molar-refractivity contribution in [1.29, 1.82) is 0 Å². The number of hydrogen-bond acceptors (Lipinski definition) is 2. The molecule has 76 valence electrons. The van der Waals surface area contributed by atoms with E-state index in [0.29, 0.717) is 10.8 Å². The van der Waals surface area contributed by atoms with Gasteiger partial charge in [0, 0.05) is 5.56 Å². The van der Waals surface area contributed by atoms with Gasteiger partial charge in [-0.25, -0.2) is 0 Å². The smallest absolute Gasteiger partial charge is 0.126 e. The maximum Gasteiger partial charge on any atom is 0.126 e. The summed E-state index contributed by atoms with van der Waals surface area (Å²) in [6, 6.07) is 5.44. The van der Waals surface area contributed by atoms with E-state index in [0.717, 1.165) is 24.8 Å². The van der Waals surface area contributed by atoms with Crippen LogP contribution in [-0.2, 0) is 5.60 Å². The van der Waals surface area contributed by atoms with Gasteiger partial charge in [0.2, 0.25) is 0 Å². The molecule has 2 nitrogen and oxygen atoms in total. The molecule has 1 saturated carbocycles. The van der Waals surface area contributed by atoms with E-state index in [4.69, 9.17) is 16.3 Å². The Morgan fingerprint density at radius 1 is 1.43 bits per heavy atom. The second-order valence-corrected chi connectivity index (χ2v) is 4.11. The van der Waals surface area contributed by atoms with Gasteiger partial charge in [0.05, 0.1) is 17.7 Å². The lowest BCUT2D eigenvalue weighted by Crippen LogP contribution is -2.34. The Bertz CT molecular complexity index is 345. The van der Waals surface area contributed by atoms with Gasteiger partial charge in [0.25, 0.3) is 0 Å². The van der Waals surface area contributed by atoms with E-state index >= 15 is 0 Å². The monoisotopic (exact) mass is 212 g/mol. The number of rotatable bonds is 2. The molecular weight excluding hydrogens is 200 g/mol. The summed E-state index contributed by atoms with van der Waals surface area (Å²) in [6.45, 7) is 0. The number of hydrogen-bond donors (Lipinski definition) is 1. The summed E-state index contributed by atoms with van der Waals surface area (Å²) < 4.78 is 5.20. The molecule has 1 aliphatic rings. The van der Waals surface area contributed by atoms with Gasteiger partial charge in [-0.05, 0) is 31.4 Å². The standard InChI is InChI=1S/C11H13ClO2/c1-14-9-5-2-4-8(12)10(9)11(13)6-3-7-11/h2,4-5,13H,3,6-7H2,1H3. The molecule has 1 aliphatic carbocycles. The average molecular weight is 213 g/mol. The highest BCUT2D eigenvalue weighted by atomic mass is 35.5. The molecule has 1 aromatic rings.